The lowest BCUT2D eigenvalue weighted by molar-refractivity contribution is 0.0832. The summed E-state index contributed by atoms with van der Waals surface area (Å²) < 4.78 is 3.34. The van der Waals surface area contributed by atoms with E-state index >= 15 is 0 Å². The fourth-order valence-electron chi connectivity index (χ4n) is 4.68. The lowest BCUT2D eigenvalue weighted by Crippen LogP contribution is -2.23. The van der Waals surface area contributed by atoms with E-state index in [4.69, 9.17) is 11.6 Å². The number of rotatable bonds is 5. The van der Waals surface area contributed by atoms with Gasteiger partial charge in [0.25, 0.3) is 11.5 Å². The number of carbonyl (C=O) groups excluding carboxylic acids is 1. The summed E-state index contributed by atoms with van der Waals surface area (Å²) in [5.41, 5.74) is 4.75. The van der Waals surface area contributed by atoms with Gasteiger partial charge in [-0.2, -0.15) is 4.68 Å². The zero-order valence-electron chi connectivity index (χ0n) is 19.9. The molecule has 0 radical (unpaired) electrons. The van der Waals surface area contributed by atoms with Gasteiger partial charge in [-0.25, -0.2) is 4.98 Å². The molecule has 5 aromatic rings. The Morgan fingerprint density at radius 3 is 2.84 bits per heavy atom. The Balaban J connectivity index is 1.34. The van der Waals surface area contributed by atoms with Crippen LogP contribution in [0.1, 0.15) is 33.7 Å². The number of pyridine rings is 1. The van der Waals surface area contributed by atoms with Gasteiger partial charge in [-0.1, -0.05) is 11.6 Å². The molecule has 186 valence electrons. The molecule has 0 aliphatic carbocycles. The molecule has 12 heteroatoms. The Morgan fingerprint density at radius 1 is 1.19 bits per heavy atom. The quantitative estimate of drug-likeness (QED) is 0.368. The second-order valence-corrected chi connectivity index (χ2v) is 10.3. The number of nitrogens with one attached hydrogen (secondary N) is 1. The van der Waals surface area contributed by atoms with E-state index in [1.807, 2.05) is 29.6 Å². The molecule has 1 aliphatic rings. The molecule has 5 heterocycles. The maximum atomic E-state index is 13.4. The molecule has 1 atom stereocenters. The van der Waals surface area contributed by atoms with Crippen LogP contribution in [0.15, 0.2) is 59.1 Å². The van der Waals surface area contributed by atoms with Crippen LogP contribution in [0.4, 0.5) is 0 Å². The summed E-state index contributed by atoms with van der Waals surface area (Å²) in [4.78, 5) is 35.8. The Kier molecular flexibility index (Phi) is 5.73. The maximum Gasteiger partial charge on any atom is 0.263 e. The molecular weight excluding hydrogens is 512 g/mol. The minimum atomic E-state index is -0.204. The van der Waals surface area contributed by atoms with Gasteiger partial charge in [-0.15, -0.1) is 16.4 Å². The molecule has 0 spiro atoms. The third-order valence-corrected chi connectivity index (χ3v) is 7.59. The number of carbonyl (C=O) groups is 1. The van der Waals surface area contributed by atoms with E-state index in [9.17, 15) is 9.59 Å². The van der Waals surface area contributed by atoms with Gasteiger partial charge in [-0.05, 0) is 59.2 Å². The lowest BCUT2D eigenvalue weighted by atomic mass is 10.0. The van der Waals surface area contributed by atoms with Crippen molar-refractivity contribution in [3.05, 3.63) is 86.1 Å². The van der Waals surface area contributed by atoms with Crippen molar-refractivity contribution in [2.24, 2.45) is 0 Å². The SMILES string of the molecule is CN(C)C(=O)c1cc(-c2cnc([C@@H]3CCc4cc(-c5cc(Cl)ccc5-n5cnnn5)cc(=O)n43)[nH]2)cs1. The summed E-state index contributed by atoms with van der Waals surface area (Å²) in [6.45, 7) is 0. The van der Waals surface area contributed by atoms with E-state index < -0.39 is 0 Å². The van der Waals surface area contributed by atoms with Crippen molar-refractivity contribution in [2.75, 3.05) is 14.1 Å². The predicted octanol–water partition coefficient (Wildman–Crippen LogP) is 3.83. The third kappa shape index (κ3) is 4.15. The van der Waals surface area contributed by atoms with E-state index in [1.54, 1.807) is 46.6 Å². The Labute approximate surface area is 220 Å². The van der Waals surface area contributed by atoms with E-state index in [1.165, 1.54) is 17.7 Å². The monoisotopic (exact) mass is 532 g/mol. The summed E-state index contributed by atoms with van der Waals surface area (Å²) in [6, 6.07) is 10.7. The number of aromatic amines is 1. The molecule has 0 fully saturated rings. The number of halogens is 1. The van der Waals surface area contributed by atoms with Crippen molar-refractivity contribution in [3.63, 3.8) is 0 Å². The van der Waals surface area contributed by atoms with Crippen molar-refractivity contribution in [1.82, 2.24) is 39.6 Å². The first kappa shape index (κ1) is 23.3. The van der Waals surface area contributed by atoms with Crippen LogP contribution < -0.4 is 5.56 Å². The smallest absolute Gasteiger partial charge is 0.263 e. The molecule has 10 nitrogen and oxygen atoms in total. The van der Waals surface area contributed by atoms with E-state index in [0.29, 0.717) is 15.7 Å². The number of benzene rings is 1. The van der Waals surface area contributed by atoms with Crippen LogP contribution in [0, 0.1) is 0 Å². The van der Waals surface area contributed by atoms with Gasteiger partial charge >= 0.3 is 0 Å². The predicted molar refractivity (Wildman–Crippen MR) is 140 cm³/mol. The highest BCUT2D eigenvalue weighted by atomic mass is 35.5. The van der Waals surface area contributed by atoms with Crippen LogP contribution >= 0.6 is 22.9 Å². The first-order valence-corrected chi connectivity index (χ1v) is 12.8. The number of fused-ring (bicyclic) bond motifs is 1. The van der Waals surface area contributed by atoms with Crippen molar-refractivity contribution < 1.29 is 4.79 Å². The highest BCUT2D eigenvalue weighted by Crippen LogP contribution is 2.35. The van der Waals surface area contributed by atoms with Gasteiger partial charge in [-0.3, -0.25) is 9.59 Å². The number of aryl methyl sites for hydroxylation is 1. The molecule has 4 aromatic heterocycles. The summed E-state index contributed by atoms with van der Waals surface area (Å²) in [7, 11) is 3.46. The Bertz CT molecular complexity index is 1680. The molecule has 0 unspecified atom stereocenters. The second kappa shape index (κ2) is 9.09. The maximum absolute atomic E-state index is 13.4. The molecule has 37 heavy (non-hydrogen) atoms. The first-order chi connectivity index (χ1) is 17.9. The lowest BCUT2D eigenvalue weighted by Gasteiger charge is -2.15. The third-order valence-electron chi connectivity index (χ3n) is 6.44. The molecule has 6 rings (SSSR count). The fraction of sp³-hybridized carbons (Fsp3) is 0.200. The molecule has 1 N–H and O–H groups in total. The zero-order chi connectivity index (χ0) is 25.7. The summed E-state index contributed by atoms with van der Waals surface area (Å²) in [5.74, 6) is 0.679. The molecule has 0 saturated carbocycles. The van der Waals surface area contributed by atoms with Gasteiger partial charge in [0, 0.05) is 47.4 Å². The fourth-order valence-corrected chi connectivity index (χ4v) is 5.78. The molecule has 1 aliphatic heterocycles. The van der Waals surface area contributed by atoms with E-state index in [-0.39, 0.29) is 17.5 Å². The average Bonchev–Trinajstić information content (AvgIpc) is 3.68. The van der Waals surface area contributed by atoms with Gasteiger partial charge in [0.15, 0.2) is 0 Å². The number of nitrogens with zero attached hydrogens (tertiary/aromatic N) is 7. The van der Waals surface area contributed by atoms with Crippen LogP contribution in [0.2, 0.25) is 5.02 Å². The number of imidazole rings is 1. The summed E-state index contributed by atoms with van der Waals surface area (Å²) in [6.07, 6.45) is 4.73. The van der Waals surface area contributed by atoms with Crippen LogP contribution in [-0.4, -0.2) is 59.6 Å². The number of amides is 1. The minimum Gasteiger partial charge on any atom is -0.344 e. The van der Waals surface area contributed by atoms with E-state index in [2.05, 4.69) is 25.5 Å². The number of hydrogen-bond donors (Lipinski definition) is 1. The van der Waals surface area contributed by atoms with Crippen LogP contribution in [0.3, 0.4) is 0 Å². The highest BCUT2D eigenvalue weighted by Gasteiger charge is 2.28. The number of thiophene rings is 1. The standard InChI is InChI=1S/C25H21ClN8O2S/c1-32(2)25(36)22-8-15(12-37-22)19-11-27-24(29-19)21-6-4-17-7-14(9-23(35)34(17)21)18-10-16(26)3-5-20(18)33-13-28-30-31-33/h3,5,7-13,21H,4,6H2,1-2H3,(H,27,29)/t21-/m0/s1. The second-order valence-electron chi connectivity index (χ2n) is 9.00. The molecule has 0 bridgehead atoms. The van der Waals surface area contributed by atoms with Crippen LogP contribution in [0.25, 0.3) is 28.1 Å². The van der Waals surface area contributed by atoms with Crippen LogP contribution in [-0.2, 0) is 6.42 Å². The van der Waals surface area contributed by atoms with E-state index in [0.717, 1.165) is 46.6 Å². The Hall–Kier alpha value is -4.09. The van der Waals surface area contributed by atoms with Gasteiger partial charge in [0.05, 0.1) is 28.5 Å². The number of aromatic nitrogens is 7. The van der Waals surface area contributed by atoms with Gasteiger partial charge in [0.1, 0.15) is 12.2 Å². The van der Waals surface area contributed by atoms with Crippen LogP contribution in [0.5, 0.6) is 0 Å². The van der Waals surface area contributed by atoms with Crippen molar-refractivity contribution in [2.45, 2.75) is 18.9 Å². The van der Waals surface area contributed by atoms with Gasteiger partial charge in [0.2, 0.25) is 0 Å². The number of H-pyrrole nitrogens is 1. The summed E-state index contributed by atoms with van der Waals surface area (Å²) in [5, 5.41) is 13.9. The first-order valence-electron chi connectivity index (χ1n) is 11.5. The molecule has 1 amide bonds. The topological polar surface area (TPSA) is 115 Å². The molecule has 0 saturated heterocycles. The largest absolute Gasteiger partial charge is 0.344 e. The molecule has 1 aromatic carbocycles. The zero-order valence-corrected chi connectivity index (χ0v) is 21.5. The minimum absolute atomic E-state index is 0.0361. The molecular formula is C25H21ClN8O2S. The van der Waals surface area contributed by atoms with Crippen molar-refractivity contribution >= 4 is 28.8 Å². The summed E-state index contributed by atoms with van der Waals surface area (Å²) >= 11 is 7.69. The number of hydrogen-bond acceptors (Lipinski definition) is 7. The van der Waals surface area contributed by atoms with Crippen molar-refractivity contribution in [3.8, 4) is 28.1 Å². The van der Waals surface area contributed by atoms with Gasteiger partial charge < -0.3 is 14.5 Å². The number of tetrazole rings is 1. The normalized spacial score (nSPS) is 14.6. The Morgan fingerprint density at radius 2 is 2.05 bits per heavy atom. The average molecular weight is 533 g/mol. The van der Waals surface area contributed by atoms with Crippen molar-refractivity contribution in [1.29, 1.82) is 0 Å². The highest BCUT2D eigenvalue weighted by molar-refractivity contribution is 7.12.